The molecule has 5 nitrogen and oxygen atoms in total. The largest absolute Gasteiger partial charge is 0.493 e. The van der Waals surface area contributed by atoms with E-state index in [1.165, 1.54) is 0 Å². The molecule has 1 N–H and O–H groups in total. The van der Waals surface area contributed by atoms with Crippen LogP contribution in [-0.2, 0) is 16.1 Å². The molecule has 1 aliphatic rings. The minimum Gasteiger partial charge on any atom is -0.493 e. The van der Waals surface area contributed by atoms with Crippen LogP contribution in [0.2, 0.25) is 0 Å². The second-order valence-corrected chi connectivity index (χ2v) is 4.45. The van der Waals surface area contributed by atoms with Gasteiger partial charge in [0.1, 0.15) is 12.6 Å². The highest BCUT2D eigenvalue weighted by atomic mass is 16.5. The number of rotatable bonds is 5. The third-order valence-electron chi connectivity index (χ3n) is 3.17. The molecule has 5 heteroatoms. The van der Waals surface area contributed by atoms with Gasteiger partial charge in [-0.05, 0) is 37.1 Å². The van der Waals surface area contributed by atoms with E-state index in [2.05, 4.69) is 5.32 Å². The summed E-state index contributed by atoms with van der Waals surface area (Å²) in [5, 5.41) is 3.11. The summed E-state index contributed by atoms with van der Waals surface area (Å²) in [6.07, 6.45) is 1.88. The van der Waals surface area contributed by atoms with Gasteiger partial charge >= 0.3 is 5.97 Å². The molecule has 2 rings (SSSR count). The van der Waals surface area contributed by atoms with Crippen molar-refractivity contribution in [1.82, 2.24) is 5.32 Å². The SMILES string of the molecule is COc1ccc(COC(=O)C2CCCN2)cc1OC. The Morgan fingerprint density at radius 3 is 2.74 bits per heavy atom. The molecule has 0 aliphatic carbocycles. The highest BCUT2D eigenvalue weighted by molar-refractivity contribution is 5.76. The highest BCUT2D eigenvalue weighted by Crippen LogP contribution is 2.27. The van der Waals surface area contributed by atoms with E-state index in [0.717, 1.165) is 24.9 Å². The Hall–Kier alpha value is -1.75. The van der Waals surface area contributed by atoms with E-state index in [4.69, 9.17) is 14.2 Å². The summed E-state index contributed by atoms with van der Waals surface area (Å²) in [5.41, 5.74) is 0.879. The molecular weight excluding hydrogens is 246 g/mol. The molecule has 0 bridgehead atoms. The second-order valence-electron chi connectivity index (χ2n) is 4.45. The molecule has 1 aromatic carbocycles. The van der Waals surface area contributed by atoms with Crippen molar-refractivity contribution >= 4 is 5.97 Å². The third kappa shape index (κ3) is 3.38. The lowest BCUT2D eigenvalue weighted by atomic mass is 10.2. The number of nitrogens with one attached hydrogen (secondary N) is 1. The van der Waals surface area contributed by atoms with E-state index in [9.17, 15) is 4.79 Å². The molecule has 1 aromatic rings. The summed E-state index contributed by atoms with van der Waals surface area (Å²) < 4.78 is 15.6. The molecule has 1 heterocycles. The topological polar surface area (TPSA) is 56.8 Å². The van der Waals surface area contributed by atoms with Gasteiger partial charge in [0.25, 0.3) is 0 Å². The Morgan fingerprint density at radius 2 is 2.11 bits per heavy atom. The molecule has 0 spiro atoms. The van der Waals surface area contributed by atoms with E-state index < -0.39 is 0 Å². The number of carbonyl (C=O) groups is 1. The Labute approximate surface area is 112 Å². The van der Waals surface area contributed by atoms with Crippen LogP contribution >= 0.6 is 0 Å². The fourth-order valence-corrected chi connectivity index (χ4v) is 2.11. The maximum atomic E-state index is 11.8. The fraction of sp³-hybridized carbons (Fsp3) is 0.500. The molecule has 1 fully saturated rings. The standard InChI is InChI=1S/C14H19NO4/c1-17-12-6-5-10(8-13(12)18-2)9-19-14(16)11-4-3-7-15-11/h5-6,8,11,15H,3-4,7,9H2,1-2H3. The summed E-state index contributed by atoms with van der Waals surface area (Å²) in [6.45, 7) is 1.13. The normalized spacial score (nSPS) is 18.1. The molecule has 1 saturated heterocycles. The molecule has 104 valence electrons. The zero-order valence-electron chi connectivity index (χ0n) is 11.3. The predicted molar refractivity (Wildman–Crippen MR) is 70.4 cm³/mol. The average molecular weight is 265 g/mol. The lowest BCUT2D eigenvalue weighted by Gasteiger charge is -2.12. The van der Waals surface area contributed by atoms with Crippen LogP contribution in [0.5, 0.6) is 11.5 Å². The van der Waals surface area contributed by atoms with E-state index in [1.807, 2.05) is 12.1 Å². The number of ether oxygens (including phenoxy) is 3. The van der Waals surface area contributed by atoms with Crippen LogP contribution in [-0.4, -0.2) is 32.8 Å². The van der Waals surface area contributed by atoms with Crippen molar-refractivity contribution in [3.05, 3.63) is 23.8 Å². The number of esters is 1. The van der Waals surface area contributed by atoms with E-state index in [-0.39, 0.29) is 18.6 Å². The van der Waals surface area contributed by atoms with Crippen molar-refractivity contribution in [3.63, 3.8) is 0 Å². The first-order valence-electron chi connectivity index (χ1n) is 6.35. The number of methoxy groups -OCH3 is 2. The van der Waals surface area contributed by atoms with Crippen molar-refractivity contribution in [3.8, 4) is 11.5 Å². The van der Waals surface area contributed by atoms with E-state index >= 15 is 0 Å². The lowest BCUT2D eigenvalue weighted by molar-refractivity contribution is -0.147. The van der Waals surface area contributed by atoms with Crippen molar-refractivity contribution in [2.45, 2.75) is 25.5 Å². The quantitative estimate of drug-likeness (QED) is 0.818. The predicted octanol–water partition coefficient (Wildman–Crippen LogP) is 1.50. The van der Waals surface area contributed by atoms with Gasteiger partial charge in [0.05, 0.1) is 14.2 Å². The Bertz CT molecular complexity index is 441. The third-order valence-corrected chi connectivity index (χ3v) is 3.17. The molecule has 1 aliphatic heterocycles. The minimum atomic E-state index is -0.188. The first-order valence-corrected chi connectivity index (χ1v) is 6.35. The van der Waals surface area contributed by atoms with E-state index in [0.29, 0.717) is 11.5 Å². The van der Waals surface area contributed by atoms with Crippen molar-refractivity contribution in [1.29, 1.82) is 0 Å². The Balaban J connectivity index is 1.93. The lowest BCUT2D eigenvalue weighted by Crippen LogP contribution is -2.32. The van der Waals surface area contributed by atoms with E-state index in [1.54, 1.807) is 20.3 Å². The average Bonchev–Trinajstić information content (AvgIpc) is 2.98. The van der Waals surface area contributed by atoms with Crippen LogP contribution in [0.3, 0.4) is 0 Å². The Kier molecular flexibility index (Phi) is 4.63. The Morgan fingerprint density at radius 1 is 1.32 bits per heavy atom. The summed E-state index contributed by atoms with van der Waals surface area (Å²) in [7, 11) is 3.17. The van der Waals surface area contributed by atoms with Crippen LogP contribution in [0.25, 0.3) is 0 Å². The smallest absolute Gasteiger partial charge is 0.323 e. The van der Waals surface area contributed by atoms with Gasteiger partial charge in [-0.3, -0.25) is 4.79 Å². The minimum absolute atomic E-state index is 0.153. The van der Waals surface area contributed by atoms with Crippen LogP contribution in [0.4, 0.5) is 0 Å². The highest BCUT2D eigenvalue weighted by Gasteiger charge is 2.23. The molecular formula is C14H19NO4. The van der Waals surface area contributed by atoms with Crippen molar-refractivity contribution < 1.29 is 19.0 Å². The number of hydrogen-bond acceptors (Lipinski definition) is 5. The van der Waals surface area contributed by atoms with Gasteiger partial charge in [-0.1, -0.05) is 6.07 Å². The molecule has 0 amide bonds. The molecule has 1 unspecified atom stereocenters. The fourth-order valence-electron chi connectivity index (χ4n) is 2.11. The van der Waals surface area contributed by atoms with Crippen LogP contribution in [0.1, 0.15) is 18.4 Å². The summed E-state index contributed by atoms with van der Waals surface area (Å²) in [4.78, 5) is 11.8. The van der Waals surface area contributed by atoms with Crippen molar-refractivity contribution in [2.24, 2.45) is 0 Å². The van der Waals surface area contributed by atoms with Crippen LogP contribution in [0.15, 0.2) is 18.2 Å². The van der Waals surface area contributed by atoms with Gasteiger partial charge in [0.2, 0.25) is 0 Å². The summed E-state index contributed by atoms with van der Waals surface area (Å²) in [6, 6.07) is 5.32. The molecule has 0 radical (unpaired) electrons. The van der Waals surface area contributed by atoms with Gasteiger partial charge in [-0.2, -0.15) is 0 Å². The first kappa shape index (κ1) is 13.7. The maximum absolute atomic E-state index is 11.8. The number of benzene rings is 1. The zero-order valence-corrected chi connectivity index (χ0v) is 11.3. The second kappa shape index (κ2) is 6.43. The molecule has 1 atom stereocenters. The van der Waals surface area contributed by atoms with Crippen LogP contribution in [0, 0.1) is 0 Å². The van der Waals surface area contributed by atoms with Gasteiger partial charge in [0.15, 0.2) is 11.5 Å². The zero-order chi connectivity index (χ0) is 13.7. The van der Waals surface area contributed by atoms with Crippen molar-refractivity contribution in [2.75, 3.05) is 20.8 Å². The van der Waals surface area contributed by atoms with Gasteiger partial charge in [0, 0.05) is 0 Å². The first-order chi connectivity index (χ1) is 9.24. The molecule has 0 saturated carbocycles. The van der Waals surface area contributed by atoms with Gasteiger partial charge < -0.3 is 19.5 Å². The number of carbonyl (C=O) groups excluding carboxylic acids is 1. The molecule has 19 heavy (non-hydrogen) atoms. The monoisotopic (exact) mass is 265 g/mol. The maximum Gasteiger partial charge on any atom is 0.323 e. The molecule has 0 aromatic heterocycles. The summed E-state index contributed by atoms with van der Waals surface area (Å²) >= 11 is 0. The summed E-state index contributed by atoms with van der Waals surface area (Å²) in [5.74, 6) is 1.11. The van der Waals surface area contributed by atoms with Gasteiger partial charge in [-0.15, -0.1) is 0 Å². The van der Waals surface area contributed by atoms with Gasteiger partial charge in [-0.25, -0.2) is 0 Å². The number of hydrogen-bond donors (Lipinski definition) is 1. The van der Waals surface area contributed by atoms with Crippen LogP contribution < -0.4 is 14.8 Å².